The molecule has 2 fully saturated rings. The van der Waals surface area contributed by atoms with Gasteiger partial charge in [-0.05, 0) is 19.3 Å². The summed E-state index contributed by atoms with van der Waals surface area (Å²) < 4.78 is 5.73. The van der Waals surface area contributed by atoms with Gasteiger partial charge in [-0.2, -0.15) is 0 Å². The molecule has 0 amide bonds. The molecule has 2 aliphatic rings. The zero-order valence-corrected chi connectivity index (χ0v) is 8.41. The van der Waals surface area contributed by atoms with Gasteiger partial charge in [0.05, 0.1) is 18.3 Å². The number of rotatable bonds is 2. The molecule has 0 aliphatic carbocycles. The number of hydrogen-bond donors (Lipinski definition) is 1. The molecule has 4 unspecified atom stereocenters. The number of hydrogen-bond acceptors (Lipinski definition) is 4. The van der Waals surface area contributed by atoms with Crippen molar-refractivity contribution in [3.63, 3.8) is 0 Å². The van der Waals surface area contributed by atoms with Gasteiger partial charge >= 0.3 is 0 Å². The monoisotopic (exact) mass is 206 g/mol. The SMILES string of the molecule is OC(c1cncnc1)C1CC2CCC1O2. The zero-order chi connectivity index (χ0) is 10.3. The van der Waals surface area contributed by atoms with Crippen LogP contribution in [0.3, 0.4) is 0 Å². The fraction of sp³-hybridized carbons (Fsp3) is 0.636. The largest absolute Gasteiger partial charge is 0.388 e. The number of nitrogens with zero attached hydrogens (tertiary/aromatic N) is 2. The summed E-state index contributed by atoms with van der Waals surface area (Å²) in [4.78, 5) is 7.85. The maximum Gasteiger partial charge on any atom is 0.115 e. The van der Waals surface area contributed by atoms with Crippen LogP contribution in [-0.2, 0) is 4.74 Å². The predicted molar refractivity (Wildman–Crippen MR) is 53.0 cm³/mol. The smallest absolute Gasteiger partial charge is 0.115 e. The molecular formula is C11H14N2O2. The Balaban J connectivity index is 1.78. The molecule has 0 saturated carbocycles. The second kappa shape index (κ2) is 3.54. The summed E-state index contributed by atoms with van der Waals surface area (Å²) in [5.74, 6) is 0.231. The Morgan fingerprint density at radius 1 is 1.33 bits per heavy atom. The summed E-state index contributed by atoms with van der Waals surface area (Å²) >= 11 is 0. The number of aliphatic hydroxyl groups excluding tert-OH is 1. The number of aromatic nitrogens is 2. The van der Waals surface area contributed by atoms with E-state index < -0.39 is 6.10 Å². The van der Waals surface area contributed by atoms with Crippen molar-refractivity contribution >= 4 is 0 Å². The Labute approximate surface area is 88.3 Å². The van der Waals surface area contributed by atoms with Crippen molar-refractivity contribution in [2.24, 2.45) is 5.92 Å². The molecule has 0 aromatic carbocycles. The fourth-order valence-electron chi connectivity index (χ4n) is 2.72. The molecule has 0 spiro atoms. The first-order valence-electron chi connectivity index (χ1n) is 5.43. The second-order valence-corrected chi connectivity index (χ2v) is 4.39. The van der Waals surface area contributed by atoms with Gasteiger partial charge in [0.2, 0.25) is 0 Å². The lowest BCUT2D eigenvalue weighted by molar-refractivity contribution is 0.0419. The topological polar surface area (TPSA) is 55.2 Å². The van der Waals surface area contributed by atoms with E-state index in [1.807, 2.05) is 0 Å². The Kier molecular flexibility index (Phi) is 2.18. The first kappa shape index (κ1) is 9.24. The molecule has 80 valence electrons. The highest BCUT2D eigenvalue weighted by molar-refractivity contribution is 5.10. The maximum absolute atomic E-state index is 10.2. The molecule has 1 aromatic heterocycles. The van der Waals surface area contributed by atoms with Crippen LogP contribution in [0.1, 0.15) is 30.9 Å². The molecule has 2 saturated heterocycles. The molecule has 15 heavy (non-hydrogen) atoms. The molecule has 4 atom stereocenters. The summed E-state index contributed by atoms with van der Waals surface area (Å²) in [5, 5.41) is 10.2. The number of ether oxygens (including phenoxy) is 1. The molecular weight excluding hydrogens is 192 g/mol. The van der Waals surface area contributed by atoms with Gasteiger partial charge in [0.15, 0.2) is 0 Å². The third-order valence-electron chi connectivity index (χ3n) is 3.48. The van der Waals surface area contributed by atoms with Crippen molar-refractivity contribution in [1.29, 1.82) is 0 Å². The molecule has 0 radical (unpaired) electrons. The number of fused-ring (bicyclic) bond motifs is 2. The Morgan fingerprint density at radius 3 is 2.73 bits per heavy atom. The van der Waals surface area contributed by atoms with E-state index in [-0.39, 0.29) is 12.0 Å². The van der Waals surface area contributed by atoms with E-state index in [0.29, 0.717) is 6.10 Å². The lowest BCUT2D eigenvalue weighted by Gasteiger charge is -2.23. The van der Waals surface area contributed by atoms with Crippen LogP contribution in [0.15, 0.2) is 18.7 Å². The van der Waals surface area contributed by atoms with Crippen molar-refractivity contribution in [2.75, 3.05) is 0 Å². The fourth-order valence-corrected chi connectivity index (χ4v) is 2.72. The van der Waals surface area contributed by atoms with Crippen LogP contribution in [0, 0.1) is 5.92 Å². The molecule has 3 heterocycles. The van der Waals surface area contributed by atoms with Crippen molar-refractivity contribution < 1.29 is 9.84 Å². The minimum atomic E-state index is -0.471. The highest BCUT2D eigenvalue weighted by Crippen LogP contribution is 2.44. The quantitative estimate of drug-likeness (QED) is 0.786. The molecule has 1 N–H and O–H groups in total. The maximum atomic E-state index is 10.2. The Morgan fingerprint density at radius 2 is 2.13 bits per heavy atom. The average Bonchev–Trinajstić information content (AvgIpc) is 2.91. The van der Waals surface area contributed by atoms with Crippen LogP contribution < -0.4 is 0 Å². The molecule has 2 bridgehead atoms. The van der Waals surface area contributed by atoms with E-state index in [9.17, 15) is 5.11 Å². The van der Waals surface area contributed by atoms with Gasteiger partial charge < -0.3 is 9.84 Å². The van der Waals surface area contributed by atoms with E-state index in [1.165, 1.54) is 6.33 Å². The van der Waals surface area contributed by atoms with Gasteiger partial charge in [-0.3, -0.25) is 0 Å². The third-order valence-corrected chi connectivity index (χ3v) is 3.48. The van der Waals surface area contributed by atoms with Crippen molar-refractivity contribution in [1.82, 2.24) is 9.97 Å². The molecule has 3 rings (SSSR count). The summed E-state index contributed by atoms with van der Waals surface area (Å²) in [6.45, 7) is 0. The third kappa shape index (κ3) is 1.54. The van der Waals surface area contributed by atoms with E-state index in [2.05, 4.69) is 9.97 Å². The number of aliphatic hydroxyl groups is 1. The minimum absolute atomic E-state index is 0.231. The molecule has 4 heteroatoms. The van der Waals surface area contributed by atoms with E-state index in [1.54, 1.807) is 12.4 Å². The normalized spacial score (nSPS) is 35.7. The van der Waals surface area contributed by atoms with Gasteiger partial charge in [0.25, 0.3) is 0 Å². The zero-order valence-electron chi connectivity index (χ0n) is 8.41. The lowest BCUT2D eigenvalue weighted by atomic mass is 9.83. The standard InChI is InChI=1S/C11H14N2O2/c14-11(7-4-12-6-13-5-7)9-3-8-1-2-10(9)15-8/h4-6,8-11,14H,1-3H2. The van der Waals surface area contributed by atoms with Crippen molar-refractivity contribution in [2.45, 2.75) is 37.6 Å². The van der Waals surface area contributed by atoms with Crippen LogP contribution >= 0.6 is 0 Å². The van der Waals surface area contributed by atoms with Crippen molar-refractivity contribution in [3.8, 4) is 0 Å². The summed E-state index contributed by atoms with van der Waals surface area (Å²) in [7, 11) is 0. The summed E-state index contributed by atoms with van der Waals surface area (Å²) in [6, 6.07) is 0. The van der Waals surface area contributed by atoms with Gasteiger partial charge in [-0.15, -0.1) is 0 Å². The van der Waals surface area contributed by atoms with Crippen LogP contribution in [0.4, 0.5) is 0 Å². The minimum Gasteiger partial charge on any atom is -0.388 e. The van der Waals surface area contributed by atoms with Crippen molar-refractivity contribution in [3.05, 3.63) is 24.3 Å². The lowest BCUT2D eigenvalue weighted by Crippen LogP contribution is -2.23. The van der Waals surface area contributed by atoms with Gasteiger partial charge in [0, 0.05) is 23.9 Å². The van der Waals surface area contributed by atoms with E-state index in [0.717, 1.165) is 24.8 Å². The van der Waals surface area contributed by atoms with E-state index in [4.69, 9.17) is 4.74 Å². The Bertz CT molecular complexity index is 344. The first-order valence-corrected chi connectivity index (χ1v) is 5.43. The van der Waals surface area contributed by atoms with Crippen LogP contribution in [0.2, 0.25) is 0 Å². The molecule has 1 aromatic rings. The van der Waals surface area contributed by atoms with Crippen LogP contribution in [0.5, 0.6) is 0 Å². The van der Waals surface area contributed by atoms with Gasteiger partial charge in [-0.25, -0.2) is 9.97 Å². The van der Waals surface area contributed by atoms with E-state index >= 15 is 0 Å². The van der Waals surface area contributed by atoms with Crippen LogP contribution in [-0.4, -0.2) is 27.3 Å². The van der Waals surface area contributed by atoms with Gasteiger partial charge in [0.1, 0.15) is 6.33 Å². The highest BCUT2D eigenvalue weighted by atomic mass is 16.5. The first-order chi connectivity index (χ1) is 7.34. The molecule has 2 aliphatic heterocycles. The molecule has 4 nitrogen and oxygen atoms in total. The summed E-state index contributed by atoms with van der Waals surface area (Å²) in [5.41, 5.74) is 0.804. The second-order valence-electron chi connectivity index (χ2n) is 4.39. The summed E-state index contributed by atoms with van der Waals surface area (Å²) in [6.07, 6.45) is 8.20. The van der Waals surface area contributed by atoms with Gasteiger partial charge in [-0.1, -0.05) is 0 Å². The van der Waals surface area contributed by atoms with Crippen LogP contribution in [0.25, 0.3) is 0 Å². The highest BCUT2D eigenvalue weighted by Gasteiger charge is 2.44. The average molecular weight is 206 g/mol. The predicted octanol–water partition coefficient (Wildman–Crippen LogP) is 1.08. The Hall–Kier alpha value is -1.00.